The van der Waals surface area contributed by atoms with Gasteiger partial charge in [-0.3, -0.25) is 9.59 Å². The van der Waals surface area contributed by atoms with Crippen molar-refractivity contribution in [2.45, 2.75) is 26.2 Å². The second-order valence-electron chi connectivity index (χ2n) is 4.41. The van der Waals surface area contributed by atoms with Gasteiger partial charge in [0.05, 0.1) is 5.92 Å². The summed E-state index contributed by atoms with van der Waals surface area (Å²) in [6, 6.07) is 0. The van der Waals surface area contributed by atoms with E-state index >= 15 is 0 Å². The van der Waals surface area contributed by atoms with E-state index in [1.54, 1.807) is 4.90 Å². The highest BCUT2D eigenvalue weighted by molar-refractivity contribution is 5.93. The van der Waals surface area contributed by atoms with Crippen LogP contribution in [0.15, 0.2) is 10.8 Å². The number of carboxylic acid groups (broad SMARTS) is 1. The number of rotatable bonds is 3. The molecule has 0 aromatic carbocycles. The molecule has 18 heavy (non-hydrogen) atoms. The van der Waals surface area contributed by atoms with Crippen LogP contribution >= 0.6 is 0 Å². The Labute approximate surface area is 105 Å². The Bertz CT molecular complexity index is 455. The van der Waals surface area contributed by atoms with Crippen LogP contribution in [-0.4, -0.2) is 40.0 Å². The highest BCUT2D eigenvalue weighted by Crippen LogP contribution is 2.19. The van der Waals surface area contributed by atoms with Crippen molar-refractivity contribution in [3.8, 4) is 0 Å². The quantitative estimate of drug-likeness (QED) is 0.873. The van der Waals surface area contributed by atoms with Crippen LogP contribution in [0.2, 0.25) is 0 Å². The summed E-state index contributed by atoms with van der Waals surface area (Å²) < 4.78 is 5.13. The second kappa shape index (κ2) is 5.20. The normalized spacial score (nSPS) is 19.8. The highest BCUT2D eigenvalue weighted by atomic mass is 16.4. The number of carboxylic acids is 1. The molecule has 1 atom stereocenters. The molecular weight excluding hydrogens is 236 g/mol. The van der Waals surface area contributed by atoms with Gasteiger partial charge in [-0.2, -0.15) is 0 Å². The van der Waals surface area contributed by atoms with E-state index in [1.165, 1.54) is 6.39 Å². The van der Waals surface area contributed by atoms with Crippen LogP contribution in [0, 0.1) is 5.92 Å². The molecule has 0 radical (unpaired) electrons. The highest BCUT2D eigenvalue weighted by Gasteiger charge is 2.30. The molecule has 1 N–H and O–H groups in total. The number of amides is 1. The monoisotopic (exact) mass is 252 g/mol. The van der Waals surface area contributed by atoms with Gasteiger partial charge in [-0.1, -0.05) is 6.92 Å². The van der Waals surface area contributed by atoms with Crippen molar-refractivity contribution in [2.75, 3.05) is 13.1 Å². The van der Waals surface area contributed by atoms with Crippen molar-refractivity contribution in [1.29, 1.82) is 0 Å². The lowest BCUT2D eigenvalue weighted by Crippen LogP contribution is -2.42. The predicted molar refractivity (Wildman–Crippen MR) is 62.1 cm³/mol. The van der Waals surface area contributed by atoms with E-state index in [1.807, 2.05) is 6.92 Å². The molecule has 1 aromatic heterocycles. The average Bonchev–Trinajstić information content (AvgIpc) is 2.86. The zero-order valence-corrected chi connectivity index (χ0v) is 10.3. The lowest BCUT2D eigenvalue weighted by Gasteiger charge is -2.30. The van der Waals surface area contributed by atoms with Crippen LogP contribution in [0.5, 0.6) is 0 Å². The summed E-state index contributed by atoms with van der Waals surface area (Å²) >= 11 is 0. The van der Waals surface area contributed by atoms with Crippen LogP contribution in [0.25, 0.3) is 0 Å². The van der Waals surface area contributed by atoms with E-state index in [0.717, 1.165) is 0 Å². The fourth-order valence-electron chi connectivity index (χ4n) is 2.21. The van der Waals surface area contributed by atoms with Crippen LogP contribution in [0.3, 0.4) is 0 Å². The number of aryl methyl sites for hydroxylation is 1. The van der Waals surface area contributed by atoms with Crippen LogP contribution in [-0.2, 0) is 11.2 Å². The Hall–Kier alpha value is -1.85. The van der Waals surface area contributed by atoms with Gasteiger partial charge in [-0.25, -0.2) is 4.98 Å². The Balaban J connectivity index is 2.11. The lowest BCUT2D eigenvalue weighted by molar-refractivity contribution is -0.143. The van der Waals surface area contributed by atoms with Crippen LogP contribution in [0.1, 0.15) is 36.0 Å². The number of likely N-dealkylation sites (tertiary alicyclic amines) is 1. The minimum absolute atomic E-state index is 0.230. The third-order valence-electron chi connectivity index (χ3n) is 3.22. The van der Waals surface area contributed by atoms with Gasteiger partial charge in [0.25, 0.3) is 5.91 Å². The molecule has 98 valence electrons. The third kappa shape index (κ3) is 2.37. The number of carbonyl (C=O) groups is 2. The Morgan fingerprint density at radius 2 is 2.39 bits per heavy atom. The SMILES string of the molecule is CCc1ocnc1C(=O)N1CCC[C@H](C(=O)O)C1. The molecule has 1 saturated heterocycles. The number of nitrogens with zero attached hydrogens (tertiary/aromatic N) is 2. The standard InChI is InChI=1S/C12H16N2O4/c1-2-9-10(13-7-18-9)11(15)14-5-3-4-8(6-14)12(16)17/h7-8H,2-6H2,1H3,(H,16,17)/t8-/m0/s1. The van der Waals surface area contributed by atoms with E-state index in [4.69, 9.17) is 9.52 Å². The van der Waals surface area contributed by atoms with Crippen molar-refractivity contribution >= 4 is 11.9 Å². The number of hydrogen-bond donors (Lipinski definition) is 1. The summed E-state index contributed by atoms with van der Waals surface area (Å²) in [7, 11) is 0. The summed E-state index contributed by atoms with van der Waals surface area (Å²) in [4.78, 5) is 28.7. The molecule has 0 unspecified atom stereocenters. The summed E-state index contributed by atoms with van der Waals surface area (Å²) in [5.74, 6) is -0.993. The molecule has 6 heteroatoms. The van der Waals surface area contributed by atoms with Gasteiger partial charge in [0.2, 0.25) is 0 Å². The first-order valence-corrected chi connectivity index (χ1v) is 6.08. The van der Waals surface area contributed by atoms with Crippen LogP contribution in [0.4, 0.5) is 0 Å². The number of piperidine rings is 1. The third-order valence-corrected chi connectivity index (χ3v) is 3.22. The largest absolute Gasteiger partial charge is 0.481 e. The molecule has 0 saturated carbocycles. The van der Waals surface area contributed by atoms with Crippen molar-refractivity contribution < 1.29 is 19.1 Å². The molecule has 1 amide bonds. The molecule has 1 fully saturated rings. The maximum Gasteiger partial charge on any atom is 0.308 e. The van der Waals surface area contributed by atoms with Crippen molar-refractivity contribution in [3.63, 3.8) is 0 Å². The predicted octanol–water partition coefficient (Wildman–Crippen LogP) is 1.17. The number of hydrogen-bond acceptors (Lipinski definition) is 4. The van der Waals surface area contributed by atoms with E-state index < -0.39 is 11.9 Å². The number of carbonyl (C=O) groups excluding carboxylic acids is 1. The van der Waals surface area contributed by atoms with Gasteiger partial charge in [-0.05, 0) is 12.8 Å². The summed E-state index contributed by atoms with van der Waals surface area (Å²) in [6.45, 7) is 2.72. The molecule has 0 spiro atoms. The van der Waals surface area contributed by atoms with Gasteiger partial charge >= 0.3 is 5.97 Å². The fraction of sp³-hybridized carbons (Fsp3) is 0.583. The van der Waals surface area contributed by atoms with Crippen molar-refractivity contribution in [2.24, 2.45) is 5.92 Å². The summed E-state index contributed by atoms with van der Waals surface area (Å²) in [6.07, 6.45) is 3.18. The summed E-state index contributed by atoms with van der Waals surface area (Å²) in [5.41, 5.74) is 0.309. The molecule has 1 aliphatic rings. The van der Waals surface area contributed by atoms with E-state index in [0.29, 0.717) is 37.3 Å². The number of oxazole rings is 1. The molecule has 1 aliphatic heterocycles. The van der Waals surface area contributed by atoms with Crippen LogP contribution < -0.4 is 0 Å². The Morgan fingerprint density at radius 1 is 1.61 bits per heavy atom. The lowest BCUT2D eigenvalue weighted by atomic mass is 9.98. The zero-order valence-electron chi connectivity index (χ0n) is 10.3. The molecule has 2 rings (SSSR count). The molecule has 0 aliphatic carbocycles. The summed E-state index contributed by atoms with van der Waals surface area (Å²) in [5, 5.41) is 9.00. The van der Waals surface area contributed by atoms with E-state index in [-0.39, 0.29) is 12.5 Å². The molecule has 1 aromatic rings. The zero-order chi connectivity index (χ0) is 13.1. The molecule has 0 bridgehead atoms. The molecule has 2 heterocycles. The van der Waals surface area contributed by atoms with Gasteiger partial charge in [0.1, 0.15) is 5.76 Å². The fourth-order valence-corrected chi connectivity index (χ4v) is 2.21. The van der Waals surface area contributed by atoms with Crippen molar-refractivity contribution in [1.82, 2.24) is 9.88 Å². The molecular formula is C12H16N2O4. The van der Waals surface area contributed by atoms with Gasteiger partial charge in [0.15, 0.2) is 12.1 Å². The Morgan fingerprint density at radius 3 is 3.06 bits per heavy atom. The van der Waals surface area contributed by atoms with Crippen molar-refractivity contribution in [3.05, 3.63) is 17.8 Å². The topological polar surface area (TPSA) is 83.6 Å². The van der Waals surface area contributed by atoms with Gasteiger partial charge in [0, 0.05) is 19.5 Å². The Kier molecular flexibility index (Phi) is 3.64. The first kappa shape index (κ1) is 12.6. The van der Waals surface area contributed by atoms with Gasteiger partial charge < -0.3 is 14.4 Å². The first-order chi connectivity index (χ1) is 8.63. The number of aromatic nitrogens is 1. The average molecular weight is 252 g/mol. The maximum atomic E-state index is 12.2. The van der Waals surface area contributed by atoms with E-state index in [2.05, 4.69) is 4.98 Å². The minimum atomic E-state index is -0.844. The number of aliphatic carboxylic acids is 1. The second-order valence-corrected chi connectivity index (χ2v) is 4.41. The maximum absolute atomic E-state index is 12.2. The smallest absolute Gasteiger partial charge is 0.308 e. The first-order valence-electron chi connectivity index (χ1n) is 6.08. The minimum Gasteiger partial charge on any atom is -0.481 e. The molecule has 6 nitrogen and oxygen atoms in total. The van der Waals surface area contributed by atoms with Gasteiger partial charge in [-0.15, -0.1) is 0 Å². The van der Waals surface area contributed by atoms with E-state index in [9.17, 15) is 9.59 Å².